The fourth-order valence-electron chi connectivity index (χ4n) is 2.56. The average Bonchev–Trinajstić information content (AvgIpc) is 2.75. The zero-order valence-corrected chi connectivity index (χ0v) is 17.7. The van der Waals surface area contributed by atoms with E-state index in [0.717, 1.165) is 0 Å². The summed E-state index contributed by atoms with van der Waals surface area (Å²) in [7, 11) is 0. The van der Waals surface area contributed by atoms with E-state index >= 15 is 0 Å². The maximum absolute atomic E-state index is 13.9. The summed E-state index contributed by atoms with van der Waals surface area (Å²) in [6.07, 6.45) is 4.56. The SMILES string of the molecule is CCOc1cc(/C=N/NC(=O)c2ccncc2)cc(Br)c1OCc1ccccc1F. The molecule has 8 heteroatoms. The molecule has 1 amide bonds. The van der Waals surface area contributed by atoms with Crippen LogP contribution >= 0.6 is 15.9 Å². The molecule has 0 aliphatic carbocycles. The highest BCUT2D eigenvalue weighted by Crippen LogP contribution is 2.37. The lowest BCUT2D eigenvalue weighted by molar-refractivity contribution is 0.0955. The molecular weight excluding hydrogens is 453 g/mol. The van der Waals surface area contributed by atoms with Crippen LogP contribution in [0.15, 0.2) is 70.5 Å². The predicted molar refractivity (Wildman–Crippen MR) is 115 cm³/mol. The van der Waals surface area contributed by atoms with E-state index in [9.17, 15) is 9.18 Å². The van der Waals surface area contributed by atoms with Crippen molar-refractivity contribution < 1.29 is 18.7 Å². The van der Waals surface area contributed by atoms with Crippen LogP contribution < -0.4 is 14.9 Å². The van der Waals surface area contributed by atoms with Crippen LogP contribution in [0.1, 0.15) is 28.4 Å². The molecule has 0 aliphatic heterocycles. The minimum absolute atomic E-state index is 0.0563. The van der Waals surface area contributed by atoms with Crippen LogP contribution in [0.4, 0.5) is 4.39 Å². The Bertz CT molecular complexity index is 1050. The highest BCUT2D eigenvalue weighted by atomic mass is 79.9. The molecule has 0 fully saturated rings. The topological polar surface area (TPSA) is 72.8 Å². The molecule has 1 heterocycles. The molecule has 0 bridgehead atoms. The number of rotatable bonds is 8. The molecule has 30 heavy (non-hydrogen) atoms. The van der Waals surface area contributed by atoms with Crippen molar-refractivity contribution in [2.45, 2.75) is 13.5 Å². The molecule has 6 nitrogen and oxygen atoms in total. The number of pyridine rings is 1. The second kappa shape index (κ2) is 10.5. The van der Waals surface area contributed by atoms with Gasteiger partial charge in [0.15, 0.2) is 11.5 Å². The Kier molecular flexibility index (Phi) is 7.51. The van der Waals surface area contributed by atoms with Crippen LogP contribution in [0.2, 0.25) is 0 Å². The van der Waals surface area contributed by atoms with Crippen LogP contribution in [0.25, 0.3) is 0 Å². The Balaban J connectivity index is 1.73. The summed E-state index contributed by atoms with van der Waals surface area (Å²) in [5, 5.41) is 3.98. The third-order valence-electron chi connectivity index (χ3n) is 3.98. The molecule has 0 saturated carbocycles. The van der Waals surface area contributed by atoms with E-state index in [4.69, 9.17) is 9.47 Å². The standard InChI is InChI=1S/C22H19BrFN3O3/c1-2-29-20-12-15(13-26-27-22(28)16-7-9-25-10-8-16)11-18(23)21(20)30-14-17-5-3-4-6-19(17)24/h3-13H,2,14H2,1H3,(H,27,28)/b26-13+. The number of hydrogen-bond acceptors (Lipinski definition) is 5. The maximum Gasteiger partial charge on any atom is 0.271 e. The van der Waals surface area contributed by atoms with Crippen LogP contribution in [-0.2, 0) is 6.61 Å². The van der Waals surface area contributed by atoms with Gasteiger partial charge in [-0.05, 0) is 58.7 Å². The van der Waals surface area contributed by atoms with Gasteiger partial charge in [-0.2, -0.15) is 5.10 Å². The number of aromatic nitrogens is 1. The molecule has 1 aromatic heterocycles. The molecule has 0 unspecified atom stereocenters. The number of carbonyl (C=O) groups is 1. The van der Waals surface area contributed by atoms with Crippen LogP contribution in [-0.4, -0.2) is 23.7 Å². The molecule has 0 radical (unpaired) electrons. The average molecular weight is 472 g/mol. The number of amides is 1. The largest absolute Gasteiger partial charge is 0.490 e. The monoisotopic (exact) mass is 471 g/mol. The minimum atomic E-state index is -0.345. The van der Waals surface area contributed by atoms with Crippen molar-refractivity contribution in [3.63, 3.8) is 0 Å². The van der Waals surface area contributed by atoms with Gasteiger partial charge in [0.2, 0.25) is 0 Å². The van der Waals surface area contributed by atoms with Crippen LogP contribution in [0.5, 0.6) is 11.5 Å². The van der Waals surface area contributed by atoms with Gasteiger partial charge >= 0.3 is 0 Å². The Morgan fingerprint density at radius 2 is 1.97 bits per heavy atom. The van der Waals surface area contributed by atoms with E-state index in [0.29, 0.717) is 39.3 Å². The van der Waals surface area contributed by atoms with Gasteiger partial charge in [-0.15, -0.1) is 0 Å². The Morgan fingerprint density at radius 1 is 1.20 bits per heavy atom. The molecule has 3 aromatic rings. The summed E-state index contributed by atoms with van der Waals surface area (Å²) in [5.41, 5.74) is 4.03. The van der Waals surface area contributed by atoms with Gasteiger partial charge in [-0.1, -0.05) is 18.2 Å². The molecule has 154 valence electrons. The summed E-state index contributed by atoms with van der Waals surface area (Å²) in [4.78, 5) is 15.9. The summed E-state index contributed by atoms with van der Waals surface area (Å²) in [6.45, 7) is 2.33. The number of halogens is 2. The van der Waals surface area contributed by atoms with Crippen molar-refractivity contribution in [1.82, 2.24) is 10.4 Å². The van der Waals surface area contributed by atoms with Crippen molar-refractivity contribution >= 4 is 28.1 Å². The van der Waals surface area contributed by atoms with Gasteiger partial charge in [-0.25, -0.2) is 9.82 Å². The first kappa shape index (κ1) is 21.4. The molecule has 2 aromatic carbocycles. The number of hydrogen-bond donors (Lipinski definition) is 1. The summed E-state index contributed by atoms with van der Waals surface area (Å²) in [6, 6.07) is 13.1. The Labute approximate surface area is 181 Å². The van der Waals surface area contributed by atoms with Gasteiger partial charge in [-0.3, -0.25) is 9.78 Å². The van der Waals surface area contributed by atoms with E-state index in [-0.39, 0.29) is 18.3 Å². The van der Waals surface area contributed by atoms with E-state index in [2.05, 4.69) is 31.4 Å². The summed E-state index contributed by atoms with van der Waals surface area (Å²) in [5.74, 6) is 0.256. The lowest BCUT2D eigenvalue weighted by Crippen LogP contribution is -2.17. The number of nitrogens with one attached hydrogen (secondary N) is 1. The van der Waals surface area contributed by atoms with E-state index in [1.807, 2.05) is 6.92 Å². The highest BCUT2D eigenvalue weighted by Gasteiger charge is 2.13. The van der Waals surface area contributed by atoms with Gasteiger partial charge < -0.3 is 9.47 Å². The number of hydrazone groups is 1. The summed E-state index contributed by atoms with van der Waals surface area (Å²) < 4.78 is 26.0. The number of carbonyl (C=O) groups excluding carboxylic acids is 1. The smallest absolute Gasteiger partial charge is 0.271 e. The first-order valence-corrected chi connectivity index (χ1v) is 9.93. The predicted octanol–water partition coefficient (Wildman–Crippen LogP) is 4.72. The van der Waals surface area contributed by atoms with E-state index < -0.39 is 0 Å². The van der Waals surface area contributed by atoms with Crippen LogP contribution in [0.3, 0.4) is 0 Å². The quantitative estimate of drug-likeness (QED) is 0.380. The second-order valence-electron chi connectivity index (χ2n) is 6.08. The zero-order valence-electron chi connectivity index (χ0n) is 16.1. The van der Waals surface area contributed by atoms with Crippen molar-refractivity contribution in [3.05, 3.63) is 87.9 Å². The first-order valence-electron chi connectivity index (χ1n) is 9.14. The van der Waals surface area contributed by atoms with Crippen molar-refractivity contribution in [1.29, 1.82) is 0 Å². The third-order valence-corrected chi connectivity index (χ3v) is 4.57. The zero-order chi connectivity index (χ0) is 21.3. The molecule has 0 atom stereocenters. The first-order chi connectivity index (χ1) is 14.6. The maximum atomic E-state index is 13.9. The highest BCUT2D eigenvalue weighted by molar-refractivity contribution is 9.10. The van der Waals surface area contributed by atoms with Crippen molar-refractivity contribution in [3.8, 4) is 11.5 Å². The van der Waals surface area contributed by atoms with Gasteiger partial charge in [0.25, 0.3) is 5.91 Å². The normalized spacial score (nSPS) is 10.8. The lowest BCUT2D eigenvalue weighted by atomic mass is 10.2. The molecule has 3 rings (SSSR count). The summed E-state index contributed by atoms with van der Waals surface area (Å²) >= 11 is 3.46. The molecule has 0 saturated heterocycles. The van der Waals surface area contributed by atoms with Gasteiger partial charge in [0.1, 0.15) is 12.4 Å². The van der Waals surface area contributed by atoms with E-state index in [1.165, 1.54) is 24.7 Å². The third kappa shape index (κ3) is 5.64. The number of ether oxygens (including phenoxy) is 2. The van der Waals surface area contributed by atoms with Crippen LogP contribution in [0, 0.1) is 5.82 Å². The van der Waals surface area contributed by atoms with Crippen molar-refractivity contribution in [2.75, 3.05) is 6.61 Å². The minimum Gasteiger partial charge on any atom is -0.490 e. The van der Waals surface area contributed by atoms with Crippen molar-refractivity contribution in [2.24, 2.45) is 5.10 Å². The number of benzene rings is 2. The molecular formula is C22H19BrFN3O3. The van der Waals surface area contributed by atoms with Gasteiger partial charge in [0, 0.05) is 23.5 Å². The Hall–Kier alpha value is -3.26. The fourth-order valence-corrected chi connectivity index (χ4v) is 3.14. The second-order valence-corrected chi connectivity index (χ2v) is 6.93. The fraction of sp³-hybridized carbons (Fsp3) is 0.136. The Morgan fingerprint density at radius 3 is 2.70 bits per heavy atom. The molecule has 1 N–H and O–H groups in total. The van der Waals surface area contributed by atoms with E-state index in [1.54, 1.807) is 42.5 Å². The molecule has 0 aliphatic rings. The molecule has 0 spiro atoms. The lowest BCUT2D eigenvalue weighted by Gasteiger charge is -2.15. The van der Waals surface area contributed by atoms with Gasteiger partial charge in [0.05, 0.1) is 17.3 Å². The number of nitrogens with zero attached hydrogens (tertiary/aromatic N) is 2.